The number of aromatic amines is 2. The molecule has 0 unspecified atom stereocenters. The van der Waals surface area contributed by atoms with E-state index in [4.69, 9.17) is 4.74 Å². The number of hydrogen-bond acceptors (Lipinski definition) is 3. The second-order valence-corrected chi connectivity index (χ2v) is 5.32. The quantitative estimate of drug-likeness (QED) is 0.590. The average Bonchev–Trinajstić information content (AvgIpc) is 2.86. The zero-order chi connectivity index (χ0) is 14.8. The maximum Gasteiger partial charge on any atom is 0.323 e. The number of hydrogen-bond donors (Lipinski definition) is 4. The number of morpholine rings is 1. The summed E-state index contributed by atoms with van der Waals surface area (Å²) in [5, 5.41) is 2.90. The lowest BCUT2D eigenvalue weighted by molar-refractivity contribution is -0.921. The third-order valence-corrected chi connectivity index (χ3v) is 3.92. The number of carbonyl (C=O) groups excluding carboxylic acids is 1. The third-order valence-electron chi connectivity index (χ3n) is 3.92. The van der Waals surface area contributed by atoms with Crippen LogP contribution in [0.15, 0.2) is 23.0 Å². The number of rotatable bonds is 3. The van der Waals surface area contributed by atoms with Crippen LogP contribution in [0.25, 0.3) is 11.0 Å². The molecule has 112 valence electrons. The molecule has 1 aromatic heterocycles. The van der Waals surface area contributed by atoms with Gasteiger partial charge in [0.15, 0.2) is 6.04 Å². The summed E-state index contributed by atoms with van der Waals surface area (Å²) in [6, 6.07) is 5.18. The van der Waals surface area contributed by atoms with Gasteiger partial charge in [-0.25, -0.2) is 4.79 Å². The van der Waals surface area contributed by atoms with Crippen molar-refractivity contribution >= 4 is 22.6 Å². The van der Waals surface area contributed by atoms with E-state index in [0.717, 1.165) is 18.6 Å². The highest BCUT2D eigenvalue weighted by atomic mass is 16.5. The number of aromatic nitrogens is 2. The van der Waals surface area contributed by atoms with E-state index in [1.165, 1.54) is 4.90 Å². The van der Waals surface area contributed by atoms with Gasteiger partial charge in [0.2, 0.25) is 0 Å². The van der Waals surface area contributed by atoms with Crippen LogP contribution in [0.3, 0.4) is 0 Å². The Bertz CT molecular complexity index is 700. The first-order valence-electron chi connectivity index (χ1n) is 7.09. The van der Waals surface area contributed by atoms with E-state index in [1.807, 2.05) is 6.92 Å². The minimum absolute atomic E-state index is 0.0240. The van der Waals surface area contributed by atoms with Gasteiger partial charge in [0, 0.05) is 5.69 Å². The summed E-state index contributed by atoms with van der Waals surface area (Å²) in [4.78, 5) is 30.1. The lowest BCUT2D eigenvalue weighted by atomic mass is 10.2. The van der Waals surface area contributed by atoms with Crippen LogP contribution in [-0.4, -0.2) is 48.2 Å². The van der Waals surface area contributed by atoms with Crippen LogP contribution < -0.4 is 15.9 Å². The van der Waals surface area contributed by atoms with Crippen LogP contribution >= 0.6 is 0 Å². The fourth-order valence-electron chi connectivity index (χ4n) is 2.61. The normalized spacial score (nSPS) is 17.8. The summed E-state index contributed by atoms with van der Waals surface area (Å²) in [5.74, 6) is -0.0240. The van der Waals surface area contributed by atoms with Crippen LogP contribution in [0.1, 0.15) is 6.92 Å². The molecule has 0 aliphatic carbocycles. The van der Waals surface area contributed by atoms with Gasteiger partial charge in [-0.05, 0) is 25.1 Å². The summed E-state index contributed by atoms with van der Waals surface area (Å²) >= 11 is 0. The predicted octanol–water partition coefficient (Wildman–Crippen LogP) is -0.902. The van der Waals surface area contributed by atoms with Crippen molar-refractivity contribution in [3.05, 3.63) is 28.7 Å². The number of nitrogens with one attached hydrogen (secondary N) is 4. The summed E-state index contributed by atoms with van der Waals surface area (Å²) in [7, 11) is 0. The molecular weight excluding hydrogens is 272 g/mol. The van der Waals surface area contributed by atoms with Crippen LogP contribution in [0.4, 0.5) is 5.69 Å². The molecule has 4 N–H and O–H groups in total. The van der Waals surface area contributed by atoms with Crippen LogP contribution in [0.2, 0.25) is 0 Å². The zero-order valence-electron chi connectivity index (χ0n) is 11.9. The number of benzene rings is 1. The fraction of sp³-hybridized carbons (Fsp3) is 0.429. The first-order valence-corrected chi connectivity index (χ1v) is 7.09. The predicted molar refractivity (Wildman–Crippen MR) is 78.5 cm³/mol. The topological polar surface area (TPSA) is 91.4 Å². The Labute approximate surface area is 121 Å². The number of anilines is 1. The van der Waals surface area contributed by atoms with E-state index in [9.17, 15) is 9.59 Å². The van der Waals surface area contributed by atoms with Crippen LogP contribution in [-0.2, 0) is 9.53 Å². The van der Waals surface area contributed by atoms with Crippen molar-refractivity contribution < 1.29 is 14.4 Å². The lowest BCUT2D eigenvalue weighted by Crippen LogP contribution is -3.18. The summed E-state index contributed by atoms with van der Waals surface area (Å²) < 4.78 is 5.31. The van der Waals surface area contributed by atoms with Crippen molar-refractivity contribution in [3.8, 4) is 0 Å². The molecule has 7 heteroatoms. The van der Waals surface area contributed by atoms with Crippen LogP contribution in [0.5, 0.6) is 0 Å². The van der Waals surface area contributed by atoms with Crippen molar-refractivity contribution in [2.75, 3.05) is 31.6 Å². The smallest absolute Gasteiger partial charge is 0.323 e. The molecular formula is C14H19N4O3+. The van der Waals surface area contributed by atoms with Gasteiger partial charge >= 0.3 is 5.69 Å². The second-order valence-electron chi connectivity index (χ2n) is 5.32. The first-order chi connectivity index (χ1) is 10.1. The summed E-state index contributed by atoms with van der Waals surface area (Å²) in [6.07, 6.45) is 0. The fourth-order valence-corrected chi connectivity index (χ4v) is 2.61. The minimum atomic E-state index is -0.250. The molecule has 1 saturated heterocycles. The van der Waals surface area contributed by atoms with Crippen molar-refractivity contribution in [2.45, 2.75) is 13.0 Å². The van der Waals surface area contributed by atoms with E-state index < -0.39 is 0 Å². The Balaban J connectivity index is 1.71. The highest BCUT2D eigenvalue weighted by Crippen LogP contribution is 2.14. The van der Waals surface area contributed by atoms with Gasteiger partial charge in [0.05, 0.1) is 24.2 Å². The van der Waals surface area contributed by atoms with Crippen molar-refractivity contribution in [2.24, 2.45) is 0 Å². The number of fused-ring (bicyclic) bond motifs is 1. The Morgan fingerprint density at radius 1 is 1.29 bits per heavy atom. The van der Waals surface area contributed by atoms with E-state index in [2.05, 4.69) is 15.3 Å². The molecule has 0 radical (unpaired) electrons. The lowest BCUT2D eigenvalue weighted by Gasteiger charge is -2.28. The number of quaternary nitrogens is 1. The summed E-state index contributed by atoms with van der Waals surface area (Å²) in [5.41, 5.74) is 1.84. The van der Waals surface area contributed by atoms with Gasteiger partial charge in [-0.3, -0.25) is 4.79 Å². The molecule has 2 aromatic rings. The molecule has 1 atom stereocenters. The Morgan fingerprint density at radius 3 is 2.76 bits per heavy atom. The van der Waals surface area contributed by atoms with Crippen molar-refractivity contribution in [1.29, 1.82) is 0 Å². The molecule has 21 heavy (non-hydrogen) atoms. The van der Waals surface area contributed by atoms with E-state index in [0.29, 0.717) is 24.4 Å². The summed E-state index contributed by atoms with van der Waals surface area (Å²) in [6.45, 7) is 5.01. The highest BCUT2D eigenvalue weighted by molar-refractivity contribution is 5.95. The standard InChI is InChI=1S/C14H18N4O3/c1-9(18-4-6-21-7-5-18)13(19)15-10-2-3-11-12(8-10)17-14(20)16-11/h2-3,8-9H,4-7H2,1H3,(H,15,19)(H2,16,17,20)/p+1/t9-/m0/s1. The molecule has 3 rings (SSSR count). The molecule has 1 aliphatic rings. The minimum Gasteiger partial charge on any atom is -0.370 e. The molecule has 1 aliphatic heterocycles. The van der Waals surface area contributed by atoms with Crippen molar-refractivity contribution in [3.63, 3.8) is 0 Å². The molecule has 1 aromatic carbocycles. The van der Waals surface area contributed by atoms with Gasteiger partial charge in [0.1, 0.15) is 13.1 Å². The Morgan fingerprint density at radius 2 is 2.00 bits per heavy atom. The second kappa shape index (κ2) is 5.71. The van der Waals surface area contributed by atoms with Gasteiger partial charge < -0.3 is 24.9 Å². The first kappa shape index (κ1) is 13.8. The molecule has 2 heterocycles. The van der Waals surface area contributed by atoms with E-state index >= 15 is 0 Å². The molecule has 0 spiro atoms. The zero-order valence-corrected chi connectivity index (χ0v) is 11.9. The Hall–Kier alpha value is -2.12. The van der Waals surface area contributed by atoms with Crippen molar-refractivity contribution in [1.82, 2.24) is 9.97 Å². The number of imidazole rings is 1. The molecule has 0 bridgehead atoms. The number of ether oxygens (including phenoxy) is 1. The maximum atomic E-state index is 12.3. The monoisotopic (exact) mass is 291 g/mol. The van der Waals surface area contributed by atoms with Gasteiger partial charge in [-0.1, -0.05) is 0 Å². The number of H-pyrrole nitrogens is 2. The number of carbonyl (C=O) groups is 1. The van der Waals surface area contributed by atoms with Gasteiger partial charge in [-0.15, -0.1) is 0 Å². The molecule has 1 fully saturated rings. The maximum absolute atomic E-state index is 12.3. The van der Waals surface area contributed by atoms with Crippen LogP contribution in [0, 0.1) is 0 Å². The largest absolute Gasteiger partial charge is 0.370 e. The van der Waals surface area contributed by atoms with Gasteiger partial charge in [-0.2, -0.15) is 0 Å². The molecule has 0 saturated carbocycles. The van der Waals surface area contributed by atoms with Gasteiger partial charge in [0.25, 0.3) is 5.91 Å². The number of amides is 1. The SMILES string of the molecule is C[C@@H](C(=O)Nc1ccc2[nH]c(=O)[nH]c2c1)[NH+]1CCOCC1. The molecule has 1 amide bonds. The average molecular weight is 291 g/mol. The van der Waals surface area contributed by atoms with E-state index in [-0.39, 0.29) is 17.6 Å². The molecule has 7 nitrogen and oxygen atoms in total. The van der Waals surface area contributed by atoms with E-state index in [1.54, 1.807) is 18.2 Å². The third kappa shape index (κ3) is 2.98. The Kier molecular flexibility index (Phi) is 3.76. The highest BCUT2D eigenvalue weighted by Gasteiger charge is 2.26.